The van der Waals surface area contributed by atoms with Gasteiger partial charge in [0.1, 0.15) is 23.0 Å². The van der Waals surface area contributed by atoms with Gasteiger partial charge in [0.15, 0.2) is 13.2 Å². The van der Waals surface area contributed by atoms with Gasteiger partial charge >= 0.3 is 11.9 Å². The average molecular weight is 593 g/mol. The van der Waals surface area contributed by atoms with E-state index < -0.39 is 11.9 Å². The van der Waals surface area contributed by atoms with Crippen LogP contribution in [0.2, 0.25) is 0 Å². The highest BCUT2D eigenvalue weighted by atomic mass is 16.6. The summed E-state index contributed by atoms with van der Waals surface area (Å²) in [4.78, 5) is 26.1. The van der Waals surface area contributed by atoms with Crippen LogP contribution >= 0.6 is 0 Å². The first-order chi connectivity index (χ1) is 22.1. The Morgan fingerprint density at radius 2 is 0.889 bits per heavy atom. The Kier molecular flexibility index (Phi) is 7.46. The summed E-state index contributed by atoms with van der Waals surface area (Å²) in [7, 11) is 0. The number of aryl methyl sites for hydroxylation is 1. The van der Waals surface area contributed by atoms with Crippen molar-refractivity contribution < 1.29 is 28.5 Å². The smallest absolute Gasteiger partial charge is 0.349 e. The first-order valence-corrected chi connectivity index (χ1v) is 14.6. The number of carbonyl (C=O) groups is 2. The lowest BCUT2D eigenvalue weighted by atomic mass is 9.97. The molecule has 0 amide bonds. The first kappa shape index (κ1) is 27.9. The Morgan fingerprint density at radius 1 is 0.467 bits per heavy atom. The normalized spacial score (nSPS) is 11.1. The van der Waals surface area contributed by atoms with E-state index in [4.69, 9.17) is 18.9 Å². The van der Waals surface area contributed by atoms with Gasteiger partial charge in [0.25, 0.3) is 0 Å². The van der Waals surface area contributed by atoms with Crippen LogP contribution in [0.3, 0.4) is 0 Å². The predicted molar refractivity (Wildman–Crippen MR) is 176 cm³/mol. The van der Waals surface area contributed by atoms with Gasteiger partial charge in [-0.15, -0.1) is 0 Å². The second kappa shape index (κ2) is 12.0. The SMILES string of the molecule is Cc1cccc2c(OCC(=O)Oc3cccc4ccccc34)c3ccccc3c(OCC(=O)Oc3cccc4ccccc34)c12. The first-order valence-electron chi connectivity index (χ1n) is 14.6. The molecule has 0 aliphatic rings. The standard InChI is InChI=1S/C39H28O6/c1-25-11-8-20-32-37(25)39(43-24-36(41)45-34-22-10-15-27-13-3-5-17-29(27)34)31-19-7-6-18-30(31)38(32)42-23-35(40)44-33-21-9-14-26-12-2-4-16-28(26)33/h2-22H,23-24H2,1H3. The maximum atomic E-state index is 13.0. The van der Waals surface area contributed by atoms with Crippen LogP contribution in [0.15, 0.2) is 127 Å². The van der Waals surface area contributed by atoms with Gasteiger partial charge in [0.05, 0.1) is 0 Å². The summed E-state index contributed by atoms with van der Waals surface area (Å²) in [5.41, 5.74) is 0.929. The lowest BCUT2D eigenvalue weighted by molar-refractivity contribution is -0.137. The molecule has 0 unspecified atom stereocenters. The van der Waals surface area contributed by atoms with E-state index in [9.17, 15) is 9.59 Å². The van der Waals surface area contributed by atoms with Crippen molar-refractivity contribution in [3.63, 3.8) is 0 Å². The van der Waals surface area contributed by atoms with Crippen molar-refractivity contribution in [3.05, 3.63) is 133 Å². The Balaban J connectivity index is 1.17. The number of ether oxygens (including phenoxy) is 4. The van der Waals surface area contributed by atoms with Gasteiger partial charge in [-0.2, -0.15) is 0 Å². The summed E-state index contributed by atoms with van der Waals surface area (Å²) in [5.74, 6) is 0.989. The highest BCUT2D eigenvalue weighted by Gasteiger charge is 2.20. The summed E-state index contributed by atoms with van der Waals surface area (Å²) in [6, 6.07) is 40.1. The molecule has 0 fully saturated rings. The van der Waals surface area contributed by atoms with E-state index in [1.165, 1.54) is 0 Å². The van der Waals surface area contributed by atoms with E-state index in [1.807, 2.05) is 122 Å². The molecule has 45 heavy (non-hydrogen) atoms. The van der Waals surface area contributed by atoms with Crippen LogP contribution in [0, 0.1) is 6.92 Å². The largest absolute Gasteiger partial charge is 0.481 e. The van der Waals surface area contributed by atoms with Crippen LogP contribution < -0.4 is 18.9 Å². The molecule has 0 aliphatic carbocycles. The number of hydrogen-bond acceptors (Lipinski definition) is 6. The van der Waals surface area contributed by atoms with E-state index >= 15 is 0 Å². The number of fused-ring (bicyclic) bond motifs is 4. The molecule has 0 spiro atoms. The maximum absolute atomic E-state index is 13.0. The van der Waals surface area contributed by atoms with Crippen LogP contribution in [0.1, 0.15) is 5.56 Å². The molecule has 0 bridgehead atoms. The summed E-state index contributed by atoms with van der Waals surface area (Å²) >= 11 is 0. The number of hydrogen-bond donors (Lipinski definition) is 0. The Morgan fingerprint density at radius 3 is 1.47 bits per heavy atom. The third-order valence-electron chi connectivity index (χ3n) is 7.78. The third-order valence-corrected chi connectivity index (χ3v) is 7.78. The zero-order valence-corrected chi connectivity index (χ0v) is 24.5. The molecular formula is C39H28O6. The molecule has 7 rings (SSSR count). The molecule has 0 heterocycles. The summed E-state index contributed by atoms with van der Waals surface area (Å²) in [6.07, 6.45) is 0. The van der Waals surface area contributed by atoms with Crippen LogP contribution in [-0.4, -0.2) is 25.2 Å². The van der Waals surface area contributed by atoms with Crippen molar-refractivity contribution in [1.29, 1.82) is 0 Å². The van der Waals surface area contributed by atoms with Crippen molar-refractivity contribution in [2.45, 2.75) is 6.92 Å². The van der Waals surface area contributed by atoms with Crippen molar-refractivity contribution >= 4 is 55.0 Å². The molecule has 0 radical (unpaired) electrons. The van der Waals surface area contributed by atoms with Crippen molar-refractivity contribution in [3.8, 4) is 23.0 Å². The minimum Gasteiger partial charge on any atom is -0.481 e. The minimum absolute atomic E-state index is 0.297. The maximum Gasteiger partial charge on any atom is 0.349 e. The Bertz CT molecular complexity index is 2230. The second-order valence-corrected chi connectivity index (χ2v) is 10.7. The van der Waals surface area contributed by atoms with Gasteiger partial charge < -0.3 is 18.9 Å². The molecule has 0 atom stereocenters. The number of carbonyl (C=O) groups excluding carboxylic acids is 2. The zero-order valence-electron chi connectivity index (χ0n) is 24.5. The fourth-order valence-electron chi connectivity index (χ4n) is 5.76. The van der Waals surface area contributed by atoms with E-state index in [-0.39, 0.29) is 13.2 Å². The Hall–Kier alpha value is -5.88. The molecule has 0 saturated carbocycles. The van der Waals surface area contributed by atoms with Crippen LogP contribution in [0.4, 0.5) is 0 Å². The fourth-order valence-corrected chi connectivity index (χ4v) is 5.76. The second-order valence-electron chi connectivity index (χ2n) is 10.7. The summed E-state index contributed by atoms with van der Waals surface area (Å²) in [5, 5.41) is 6.68. The van der Waals surface area contributed by atoms with E-state index in [1.54, 1.807) is 12.1 Å². The van der Waals surface area contributed by atoms with E-state index in [2.05, 4.69) is 0 Å². The van der Waals surface area contributed by atoms with Crippen LogP contribution in [-0.2, 0) is 9.59 Å². The summed E-state index contributed by atoms with van der Waals surface area (Å²) < 4.78 is 23.9. The molecule has 7 aromatic rings. The highest BCUT2D eigenvalue weighted by Crippen LogP contribution is 2.44. The topological polar surface area (TPSA) is 71.1 Å². The lowest BCUT2D eigenvalue weighted by Gasteiger charge is -2.19. The minimum atomic E-state index is -0.521. The highest BCUT2D eigenvalue weighted by molar-refractivity contribution is 6.12. The van der Waals surface area contributed by atoms with Gasteiger partial charge in [-0.05, 0) is 35.4 Å². The molecular weight excluding hydrogens is 564 g/mol. The van der Waals surface area contributed by atoms with Gasteiger partial charge in [0, 0.05) is 32.3 Å². The molecule has 0 N–H and O–H groups in total. The number of esters is 2. The van der Waals surface area contributed by atoms with Gasteiger partial charge in [0.2, 0.25) is 0 Å². The lowest BCUT2D eigenvalue weighted by Crippen LogP contribution is -2.19. The van der Waals surface area contributed by atoms with E-state index in [0.29, 0.717) is 23.0 Å². The molecule has 6 heteroatoms. The molecule has 7 aromatic carbocycles. The predicted octanol–water partition coefficient (Wildman–Crippen LogP) is 8.58. The van der Waals surface area contributed by atoms with Crippen molar-refractivity contribution in [2.75, 3.05) is 13.2 Å². The molecule has 6 nitrogen and oxygen atoms in total. The van der Waals surface area contributed by atoms with Crippen molar-refractivity contribution in [2.24, 2.45) is 0 Å². The zero-order chi connectivity index (χ0) is 30.8. The number of rotatable bonds is 8. The van der Waals surface area contributed by atoms with Crippen LogP contribution in [0.5, 0.6) is 23.0 Å². The number of benzene rings is 7. The molecule has 0 aromatic heterocycles. The van der Waals surface area contributed by atoms with E-state index in [0.717, 1.165) is 48.7 Å². The quantitative estimate of drug-likeness (QED) is 0.100. The summed E-state index contributed by atoms with van der Waals surface area (Å²) in [6.45, 7) is 1.37. The average Bonchev–Trinajstić information content (AvgIpc) is 3.07. The van der Waals surface area contributed by atoms with Gasteiger partial charge in [-0.1, -0.05) is 115 Å². The third kappa shape index (κ3) is 5.50. The molecule has 0 aliphatic heterocycles. The van der Waals surface area contributed by atoms with Gasteiger partial charge in [-0.3, -0.25) is 0 Å². The molecule has 0 saturated heterocycles. The Labute approximate surface area is 259 Å². The fraction of sp³-hybridized carbons (Fsp3) is 0.0769. The van der Waals surface area contributed by atoms with Crippen molar-refractivity contribution in [1.82, 2.24) is 0 Å². The van der Waals surface area contributed by atoms with Crippen LogP contribution in [0.25, 0.3) is 43.1 Å². The molecule has 220 valence electrons. The monoisotopic (exact) mass is 592 g/mol. The van der Waals surface area contributed by atoms with Gasteiger partial charge in [-0.25, -0.2) is 9.59 Å².